The Kier molecular flexibility index (Phi) is 6.33. The monoisotopic (exact) mass is 367 g/mol. The van der Waals surface area contributed by atoms with Crippen molar-refractivity contribution in [1.29, 1.82) is 0 Å². The minimum Gasteiger partial charge on any atom is -0.492 e. The number of sulfonamides is 1. The van der Waals surface area contributed by atoms with Crippen molar-refractivity contribution < 1.29 is 13.2 Å². The highest BCUT2D eigenvalue weighted by Gasteiger charge is 2.31. The van der Waals surface area contributed by atoms with Gasteiger partial charge in [0.15, 0.2) is 0 Å². The van der Waals surface area contributed by atoms with Crippen LogP contribution in [-0.2, 0) is 10.0 Å². The largest absolute Gasteiger partial charge is 0.492 e. The topological polar surface area (TPSA) is 53.1 Å². The van der Waals surface area contributed by atoms with Crippen LogP contribution in [-0.4, -0.2) is 87.2 Å². The van der Waals surface area contributed by atoms with Crippen LogP contribution in [0.4, 0.5) is 0 Å². The Hall–Kier alpha value is -1.15. The van der Waals surface area contributed by atoms with E-state index in [1.165, 1.54) is 6.26 Å². The maximum atomic E-state index is 11.8. The molecule has 0 N–H and O–H groups in total. The molecular weight excluding hydrogens is 338 g/mol. The van der Waals surface area contributed by atoms with Crippen LogP contribution >= 0.6 is 0 Å². The van der Waals surface area contributed by atoms with Crippen LogP contribution in [0.25, 0.3) is 0 Å². The van der Waals surface area contributed by atoms with Crippen LogP contribution in [0.3, 0.4) is 0 Å². The zero-order valence-corrected chi connectivity index (χ0v) is 15.8. The highest BCUT2D eigenvalue weighted by atomic mass is 32.2. The highest BCUT2D eigenvalue weighted by molar-refractivity contribution is 7.88. The molecule has 0 aliphatic carbocycles. The number of nitrogens with zero attached hydrogens (tertiary/aromatic N) is 3. The zero-order valence-electron chi connectivity index (χ0n) is 15.0. The number of piperazine rings is 1. The Labute approximate surface area is 151 Å². The van der Waals surface area contributed by atoms with E-state index >= 15 is 0 Å². The molecule has 0 bridgehead atoms. The summed E-state index contributed by atoms with van der Waals surface area (Å²) in [6.07, 6.45) is 3.38. The number of benzene rings is 1. The minimum absolute atomic E-state index is 0.367. The standard InChI is InChI=1S/C18H29N3O3S/c1-25(22,23)21-9-5-6-17(16-21)20-12-10-19(11-13-20)14-15-24-18-7-3-2-4-8-18/h2-4,7-8,17H,5-6,9-16H2,1H3. The predicted octanol–water partition coefficient (Wildman–Crippen LogP) is 1.11. The van der Waals surface area contributed by atoms with Gasteiger partial charge in [0.1, 0.15) is 12.4 Å². The second kappa shape index (κ2) is 8.49. The van der Waals surface area contributed by atoms with Crippen molar-refractivity contribution in [2.45, 2.75) is 18.9 Å². The number of hydrogen-bond donors (Lipinski definition) is 0. The van der Waals surface area contributed by atoms with Crippen molar-refractivity contribution in [3.8, 4) is 5.75 Å². The fourth-order valence-electron chi connectivity index (χ4n) is 3.68. The summed E-state index contributed by atoms with van der Waals surface area (Å²) in [5, 5.41) is 0. The lowest BCUT2D eigenvalue weighted by molar-refractivity contribution is 0.0647. The van der Waals surface area contributed by atoms with Crippen LogP contribution in [0, 0.1) is 0 Å². The molecule has 0 radical (unpaired) electrons. The molecule has 2 heterocycles. The zero-order chi connectivity index (χ0) is 17.7. The summed E-state index contributed by atoms with van der Waals surface area (Å²) in [7, 11) is -3.07. The third-order valence-corrected chi connectivity index (χ3v) is 6.44. The minimum atomic E-state index is -3.07. The molecular formula is C18H29N3O3S. The van der Waals surface area contributed by atoms with Gasteiger partial charge < -0.3 is 4.74 Å². The quantitative estimate of drug-likeness (QED) is 0.754. The smallest absolute Gasteiger partial charge is 0.211 e. The number of piperidine rings is 1. The fourth-order valence-corrected chi connectivity index (χ4v) is 4.59. The SMILES string of the molecule is CS(=O)(=O)N1CCCC(N2CCN(CCOc3ccccc3)CC2)C1. The lowest BCUT2D eigenvalue weighted by Crippen LogP contribution is -2.56. The van der Waals surface area contributed by atoms with E-state index in [0.29, 0.717) is 25.7 Å². The van der Waals surface area contributed by atoms with E-state index in [2.05, 4.69) is 9.80 Å². The Morgan fingerprint density at radius 3 is 2.48 bits per heavy atom. The molecule has 1 aromatic rings. The van der Waals surface area contributed by atoms with Gasteiger partial charge in [-0.25, -0.2) is 12.7 Å². The van der Waals surface area contributed by atoms with Gasteiger partial charge in [0.2, 0.25) is 10.0 Å². The van der Waals surface area contributed by atoms with Crippen LogP contribution in [0.2, 0.25) is 0 Å². The average Bonchev–Trinajstić information content (AvgIpc) is 2.63. The van der Waals surface area contributed by atoms with E-state index in [1.54, 1.807) is 4.31 Å². The van der Waals surface area contributed by atoms with Crippen molar-refractivity contribution in [3.05, 3.63) is 30.3 Å². The van der Waals surface area contributed by atoms with Crippen LogP contribution in [0.5, 0.6) is 5.75 Å². The normalized spacial score (nSPS) is 24.3. The molecule has 1 unspecified atom stereocenters. The van der Waals surface area contributed by atoms with Gasteiger partial charge in [-0.1, -0.05) is 18.2 Å². The van der Waals surface area contributed by atoms with E-state index in [-0.39, 0.29) is 0 Å². The number of hydrogen-bond acceptors (Lipinski definition) is 5. The molecule has 1 aromatic carbocycles. The molecule has 2 aliphatic rings. The molecule has 2 saturated heterocycles. The molecule has 7 heteroatoms. The summed E-state index contributed by atoms with van der Waals surface area (Å²) in [5.41, 5.74) is 0. The van der Waals surface area contributed by atoms with E-state index in [9.17, 15) is 8.42 Å². The molecule has 0 amide bonds. The maximum Gasteiger partial charge on any atom is 0.211 e. The summed E-state index contributed by atoms with van der Waals surface area (Å²) >= 11 is 0. The molecule has 25 heavy (non-hydrogen) atoms. The predicted molar refractivity (Wildman–Crippen MR) is 99.4 cm³/mol. The second-order valence-electron chi connectivity index (χ2n) is 6.96. The molecule has 6 nitrogen and oxygen atoms in total. The van der Waals surface area contributed by atoms with E-state index < -0.39 is 10.0 Å². The molecule has 0 saturated carbocycles. The third kappa shape index (κ3) is 5.41. The van der Waals surface area contributed by atoms with Crippen molar-refractivity contribution >= 4 is 10.0 Å². The first-order valence-electron chi connectivity index (χ1n) is 9.12. The first kappa shape index (κ1) is 18.6. The highest BCUT2D eigenvalue weighted by Crippen LogP contribution is 2.19. The molecule has 140 valence electrons. The fraction of sp³-hybridized carbons (Fsp3) is 0.667. The maximum absolute atomic E-state index is 11.8. The Balaban J connectivity index is 1.39. The summed E-state index contributed by atoms with van der Waals surface area (Å²) in [6.45, 7) is 7.02. The summed E-state index contributed by atoms with van der Waals surface area (Å²) in [4.78, 5) is 4.89. The van der Waals surface area contributed by atoms with Crippen LogP contribution in [0.1, 0.15) is 12.8 Å². The Bertz CT molecular complexity index is 630. The summed E-state index contributed by atoms with van der Waals surface area (Å²) in [6, 6.07) is 10.3. The second-order valence-corrected chi connectivity index (χ2v) is 8.94. The third-order valence-electron chi connectivity index (χ3n) is 5.17. The van der Waals surface area contributed by atoms with Gasteiger partial charge in [0, 0.05) is 51.9 Å². The first-order chi connectivity index (χ1) is 12.0. The number of para-hydroxylation sites is 1. The van der Waals surface area contributed by atoms with E-state index in [0.717, 1.165) is 51.3 Å². The first-order valence-corrected chi connectivity index (χ1v) is 11.0. The van der Waals surface area contributed by atoms with Crippen molar-refractivity contribution in [3.63, 3.8) is 0 Å². The molecule has 0 aromatic heterocycles. The van der Waals surface area contributed by atoms with Gasteiger partial charge >= 0.3 is 0 Å². The lowest BCUT2D eigenvalue weighted by atomic mass is 10.1. The molecule has 1 atom stereocenters. The van der Waals surface area contributed by atoms with E-state index in [4.69, 9.17) is 4.74 Å². The molecule has 0 spiro atoms. The summed E-state index contributed by atoms with van der Waals surface area (Å²) < 4.78 is 31.0. The number of rotatable bonds is 6. The van der Waals surface area contributed by atoms with Gasteiger partial charge in [0.25, 0.3) is 0 Å². The lowest BCUT2D eigenvalue weighted by Gasteiger charge is -2.42. The Morgan fingerprint density at radius 2 is 1.80 bits per heavy atom. The van der Waals surface area contributed by atoms with Crippen LogP contribution < -0.4 is 4.74 Å². The van der Waals surface area contributed by atoms with Crippen LogP contribution in [0.15, 0.2) is 30.3 Å². The van der Waals surface area contributed by atoms with Gasteiger partial charge in [0.05, 0.1) is 6.26 Å². The molecule has 2 aliphatic heterocycles. The summed E-state index contributed by atoms with van der Waals surface area (Å²) in [5.74, 6) is 0.921. The van der Waals surface area contributed by atoms with Gasteiger partial charge in [-0.2, -0.15) is 0 Å². The van der Waals surface area contributed by atoms with Gasteiger partial charge in [-0.05, 0) is 25.0 Å². The molecule has 3 rings (SSSR count). The van der Waals surface area contributed by atoms with E-state index in [1.807, 2.05) is 30.3 Å². The van der Waals surface area contributed by atoms with Gasteiger partial charge in [-0.3, -0.25) is 9.80 Å². The van der Waals surface area contributed by atoms with Gasteiger partial charge in [-0.15, -0.1) is 0 Å². The Morgan fingerprint density at radius 1 is 1.08 bits per heavy atom. The average molecular weight is 368 g/mol. The van der Waals surface area contributed by atoms with Crippen molar-refractivity contribution in [2.75, 3.05) is 58.7 Å². The van der Waals surface area contributed by atoms with Crippen molar-refractivity contribution in [2.24, 2.45) is 0 Å². The molecule has 2 fully saturated rings. The van der Waals surface area contributed by atoms with Crippen molar-refractivity contribution in [1.82, 2.24) is 14.1 Å². The number of ether oxygens (including phenoxy) is 1.